The number of nitrogens with zero attached hydrogens (tertiary/aromatic N) is 3. The van der Waals surface area contributed by atoms with Gasteiger partial charge in [-0.3, -0.25) is 14.5 Å². The molecular formula is C24H28N4O2. The van der Waals surface area contributed by atoms with Crippen molar-refractivity contribution < 1.29 is 0 Å². The highest BCUT2D eigenvalue weighted by molar-refractivity contribution is 5.78. The van der Waals surface area contributed by atoms with Crippen LogP contribution in [-0.4, -0.2) is 53.1 Å². The first-order chi connectivity index (χ1) is 14.5. The lowest BCUT2D eigenvalue weighted by molar-refractivity contribution is 0.0736. The Kier molecular flexibility index (Phi) is 4.83. The Labute approximate surface area is 175 Å². The highest BCUT2D eigenvalue weighted by Gasteiger charge is 2.40. The van der Waals surface area contributed by atoms with Gasteiger partial charge in [-0.15, -0.1) is 0 Å². The summed E-state index contributed by atoms with van der Waals surface area (Å²) in [6.07, 6.45) is 1.12. The van der Waals surface area contributed by atoms with Gasteiger partial charge in [-0.2, -0.15) is 0 Å². The third-order valence-corrected chi connectivity index (χ3v) is 6.61. The Morgan fingerprint density at radius 3 is 2.73 bits per heavy atom. The maximum Gasteiger partial charge on any atom is 0.251 e. The largest absolute Gasteiger partial charge is 0.357 e. The van der Waals surface area contributed by atoms with Crippen LogP contribution < -0.4 is 11.0 Å². The molecule has 2 aliphatic heterocycles. The average Bonchev–Trinajstić information content (AvgIpc) is 2.71. The molecule has 6 nitrogen and oxygen atoms in total. The molecule has 1 fully saturated rings. The van der Waals surface area contributed by atoms with E-state index in [2.05, 4.69) is 34.9 Å². The van der Waals surface area contributed by atoms with Gasteiger partial charge in [-0.05, 0) is 44.6 Å². The Bertz CT molecular complexity index is 1200. The van der Waals surface area contributed by atoms with Gasteiger partial charge in [0.2, 0.25) is 0 Å². The summed E-state index contributed by atoms with van der Waals surface area (Å²) in [5.41, 5.74) is 3.18. The smallest absolute Gasteiger partial charge is 0.251 e. The zero-order chi connectivity index (χ0) is 20.8. The normalized spacial score (nSPS) is 23.6. The first-order valence-electron chi connectivity index (χ1n) is 10.7. The van der Waals surface area contributed by atoms with E-state index in [4.69, 9.17) is 0 Å². The van der Waals surface area contributed by atoms with E-state index in [9.17, 15) is 9.59 Å². The SMILES string of the molecule is CN(C)C[C@H]1[C@H]2C[C@H](CN(Cc3cc(=O)c4ccccc4[nH]3)C2)c2cccc(=O)n21. The molecule has 0 saturated carbocycles. The highest BCUT2D eigenvalue weighted by Crippen LogP contribution is 2.41. The quantitative estimate of drug-likeness (QED) is 0.726. The molecule has 0 amide bonds. The summed E-state index contributed by atoms with van der Waals surface area (Å²) in [5, 5.41) is 0.733. The molecule has 1 saturated heterocycles. The minimum atomic E-state index is 0.0685. The van der Waals surface area contributed by atoms with Crippen LogP contribution in [0.5, 0.6) is 0 Å². The molecule has 2 aliphatic rings. The number of piperidine rings is 1. The number of para-hydroxylation sites is 1. The lowest BCUT2D eigenvalue weighted by Crippen LogP contribution is -2.51. The number of rotatable bonds is 4. The molecule has 4 heterocycles. The van der Waals surface area contributed by atoms with Crippen LogP contribution in [0.25, 0.3) is 10.9 Å². The second-order valence-electron chi connectivity index (χ2n) is 9.08. The summed E-state index contributed by atoms with van der Waals surface area (Å²) in [5.74, 6) is 0.772. The molecule has 0 spiro atoms. The molecule has 0 aliphatic carbocycles. The number of hydrogen-bond acceptors (Lipinski definition) is 4. The lowest BCUT2D eigenvalue weighted by atomic mass is 9.78. The number of hydrogen-bond donors (Lipinski definition) is 1. The van der Waals surface area contributed by atoms with Gasteiger partial charge in [0.15, 0.2) is 5.43 Å². The van der Waals surface area contributed by atoms with E-state index in [0.717, 1.165) is 54.9 Å². The van der Waals surface area contributed by atoms with Gasteiger partial charge in [-0.1, -0.05) is 18.2 Å². The molecule has 30 heavy (non-hydrogen) atoms. The van der Waals surface area contributed by atoms with Crippen molar-refractivity contribution in [2.24, 2.45) is 5.92 Å². The minimum Gasteiger partial charge on any atom is -0.357 e. The number of benzene rings is 1. The minimum absolute atomic E-state index is 0.0685. The number of pyridine rings is 2. The van der Waals surface area contributed by atoms with Crippen molar-refractivity contribution in [1.29, 1.82) is 0 Å². The van der Waals surface area contributed by atoms with Gasteiger partial charge in [0.1, 0.15) is 0 Å². The zero-order valence-electron chi connectivity index (χ0n) is 17.5. The van der Waals surface area contributed by atoms with Gasteiger partial charge < -0.3 is 14.5 Å². The number of H-pyrrole nitrogens is 1. The molecule has 3 atom stereocenters. The molecule has 2 aromatic heterocycles. The zero-order valence-corrected chi connectivity index (χ0v) is 17.5. The van der Waals surface area contributed by atoms with Gasteiger partial charge >= 0.3 is 0 Å². The second-order valence-corrected chi connectivity index (χ2v) is 9.08. The molecule has 0 unspecified atom stereocenters. The van der Waals surface area contributed by atoms with Crippen LogP contribution in [0.1, 0.15) is 29.8 Å². The number of nitrogens with one attached hydrogen (secondary N) is 1. The Balaban J connectivity index is 1.47. The van der Waals surface area contributed by atoms with Crippen LogP contribution in [-0.2, 0) is 6.54 Å². The van der Waals surface area contributed by atoms with Crippen LogP contribution >= 0.6 is 0 Å². The first kappa shape index (κ1) is 19.3. The van der Waals surface area contributed by atoms with Crippen molar-refractivity contribution in [1.82, 2.24) is 19.4 Å². The third kappa shape index (κ3) is 3.40. The molecule has 5 rings (SSSR count). The third-order valence-electron chi connectivity index (χ3n) is 6.61. The maximum atomic E-state index is 12.7. The van der Waals surface area contributed by atoms with Crippen molar-refractivity contribution >= 4 is 10.9 Å². The van der Waals surface area contributed by atoms with E-state index in [-0.39, 0.29) is 17.0 Å². The fourth-order valence-corrected chi connectivity index (χ4v) is 5.45. The van der Waals surface area contributed by atoms with Crippen molar-refractivity contribution in [2.75, 3.05) is 33.7 Å². The van der Waals surface area contributed by atoms with E-state index in [1.807, 2.05) is 34.9 Å². The Hall–Kier alpha value is -2.70. The second kappa shape index (κ2) is 7.52. The van der Waals surface area contributed by atoms with E-state index in [1.165, 1.54) is 0 Å². The molecule has 2 bridgehead atoms. The predicted octanol–water partition coefficient (Wildman–Crippen LogP) is 2.41. The summed E-state index contributed by atoms with van der Waals surface area (Å²) >= 11 is 0. The van der Waals surface area contributed by atoms with Crippen LogP contribution in [0.15, 0.2) is 58.1 Å². The number of likely N-dealkylation sites (tertiary alicyclic amines) is 1. The summed E-state index contributed by atoms with van der Waals surface area (Å²) < 4.78 is 2.05. The summed E-state index contributed by atoms with van der Waals surface area (Å²) in [7, 11) is 4.14. The molecule has 3 aromatic rings. The van der Waals surface area contributed by atoms with Crippen LogP contribution in [0.3, 0.4) is 0 Å². The molecule has 1 N–H and O–H groups in total. The van der Waals surface area contributed by atoms with Crippen molar-refractivity contribution in [3.63, 3.8) is 0 Å². The van der Waals surface area contributed by atoms with E-state index in [0.29, 0.717) is 11.8 Å². The topological polar surface area (TPSA) is 61.3 Å². The number of aromatic amines is 1. The van der Waals surface area contributed by atoms with Crippen molar-refractivity contribution in [2.45, 2.75) is 24.9 Å². The maximum absolute atomic E-state index is 12.7. The first-order valence-corrected chi connectivity index (χ1v) is 10.7. The standard InChI is InChI=1S/C24H28N4O2/c1-26(2)15-22-17-10-16(21-8-5-9-24(30)28(21)22)12-27(13-17)14-18-11-23(29)19-6-3-4-7-20(19)25-18/h3-9,11,16-17,22H,10,12-15H2,1-2H3,(H,25,29)/t16-,17+,22+/m1/s1. The van der Waals surface area contributed by atoms with Crippen LogP contribution in [0.2, 0.25) is 0 Å². The molecule has 1 aromatic carbocycles. The predicted molar refractivity (Wildman–Crippen MR) is 119 cm³/mol. The van der Waals surface area contributed by atoms with Crippen molar-refractivity contribution in [3.8, 4) is 0 Å². The summed E-state index contributed by atoms with van der Waals surface area (Å²) in [6, 6.07) is 15.3. The summed E-state index contributed by atoms with van der Waals surface area (Å²) in [6.45, 7) is 3.42. The van der Waals surface area contributed by atoms with Gasteiger partial charge in [-0.25, -0.2) is 0 Å². The Morgan fingerprint density at radius 2 is 1.90 bits per heavy atom. The monoisotopic (exact) mass is 404 g/mol. The van der Waals surface area contributed by atoms with Crippen molar-refractivity contribution in [3.05, 3.63) is 80.5 Å². The van der Waals surface area contributed by atoms with E-state index in [1.54, 1.807) is 12.1 Å². The molecule has 6 heteroatoms. The molecule has 156 valence electrons. The van der Waals surface area contributed by atoms with Crippen LogP contribution in [0.4, 0.5) is 0 Å². The fraction of sp³-hybridized carbons (Fsp3) is 0.417. The highest BCUT2D eigenvalue weighted by atomic mass is 16.1. The number of aromatic nitrogens is 2. The van der Waals surface area contributed by atoms with Crippen LogP contribution in [0, 0.1) is 5.92 Å². The van der Waals surface area contributed by atoms with Gasteiger partial charge in [0.05, 0.1) is 6.04 Å². The lowest BCUT2D eigenvalue weighted by Gasteiger charge is -2.47. The molecular weight excluding hydrogens is 376 g/mol. The Morgan fingerprint density at radius 1 is 1.07 bits per heavy atom. The van der Waals surface area contributed by atoms with Gasteiger partial charge in [0, 0.05) is 66.5 Å². The fourth-order valence-electron chi connectivity index (χ4n) is 5.45. The summed E-state index contributed by atoms with van der Waals surface area (Å²) in [4.78, 5) is 33.3. The van der Waals surface area contributed by atoms with E-state index < -0.39 is 0 Å². The molecule has 0 radical (unpaired) electrons. The van der Waals surface area contributed by atoms with E-state index >= 15 is 0 Å². The number of fused-ring (bicyclic) bond motifs is 5. The van der Waals surface area contributed by atoms with Gasteiger partial charge in [0.25, 0.3) is 5.56 Å². The average molecular weight is 405 g/mol. The number of likely N-dealkylation sites (N-methyl/N-ethyl adjacent to an activating group) is 1.